The molecule has 1 aliphatic carbocycles. The van der Waals surface area contributed by atoms with E-state index < -0.39 is 0 Å². The maximum absolute atomic E-state index is 12.7. The smallest absolute Gasteiger partial charge is 0.270 e. The second kappa shape index (κ2) is 10.5. The van der Waals surface area contributed by atoms with Crippen molar-refractivity contribution in [2.75, 3.05) is 13.7 Å². The molecule has 9 heteroatoms. The molecule has 1 aromatic carbocycles. The predicted molar refractivity (Wildman–Crippen MR) is 122 cm³/mol. The average Bonchev–Trinajstić information content (AvgIpc) is 3.31. The molecule has 0 atom stereocenters. The van der Waals surface area contributed by atoms with Gasteiger partial charge in [0.2, 0.25) is 5.82 Å². The number of amides is 1. The third-order valence-corrected chi connectivity index (χ3v) is 6.13. The molecule has 33 heavy (non-hydrogen) atoms. The Labute approximate surface area is 193 Å². The van der Waals surface area contributed by atoms with Crippen LogP contribution in [-0.2, 0) is 13.1 Å². The maximum Gasteiger partial charge on any atom is 0.270 e. The van der Waals surface area contributed by atoms with Crippen LogP contribution in [0.2, 0.25) is 0 Å². The highest BCUT2D eigenvalue weighted by molar-refractivity contribution is 5.93. The molecular weight excluding hydrogens is 420 g/mol. The summed E-state index contributed by atoms with van der Waals surface area (Å²) in [5.41, 5.74) is 2.67. The zero-order valence-corrected chi connectivity index (χ0v) is 19.1. The van der Waals surface area contributed by atoms with E-state index in [2.05, 4.69) is 25.7 Å². The molecule has 2 N–H and O–H groups in total. The second-order valence-corrected chi connectivity index (χ2v) is 8.65. The number of aliphatic hydroxyl groups is 1. The number of hydrogen-bond donors (Lipinski definition) is 2. The van der Waals surface area contributed by atoms with Gasteiger partial charge in [-0.05, 0) is 79.5 Å². The first kappa shape index (κ1) is 22.8. The van der Waals surface area contributed by atoms with E-state index in [1.54, 1.807) is 18.0 Å². The molecule has 1 saturated carbocycles. The molecule has 4 rings (SSSR count). The molecule has 0 aliphatic heterocycles. The van der Waals surface area contributed by atoms with Gasteiger partial charge in [-0.25, -0.2) is 4.98 Å². The number of tetrazole rings is 1. The maximum atomic E-state index is 12.7. The lowest BCUT2D eigenvalue weighted by atomic mass is 9.82. The molecule has 2 heterocycles. The number of carbonyl (C=O) groups is 1. The van der Waals surface area contributed by atoms with Gasteiger partial charge in [0.15, 0.2) is 0 Å². The summed E-state index contributed by atoms with van der Waals surface area (Å²) in [6.45, 7) is 3.19. The Hall–Kier alpha value is -3.33. The lowest BCUT2D eigenvalue weighted by Crippen LogP contribution is -2.24. The van der Waals surface area contributed by atoms with Crippen molar-refractivity contribution < 1.29 is 14.6 Å². The molecule has 2 aromatic heterocycles. The number of aliphatic hydroxyl groups excluding tert-OH is 1. The molecule has 1 amide bonds. The normalized spacial score (nSPS) is 18.2. The van der Waals surface area contributed by atoms with Crippen molar-refractivity contribution in [1.29, 1.82) is 0 Å². The van der Waals surface area contributed by atoms with Crippen LogP contribution in [0.25, 0.3) is 11.4 Å². The summed E-state index contributed by atoms with van der Waals surface area (Å²) in [4.78, 5) is 18.8. The number of nitrogens with zero attached hydrogens (tertiary/aromatic N) is 5. The van der Waals surface area contributed by atoms with E-state index in [1.165, 1.54) is 0 Å². The number of carbonyl (C=O) groups excluding carboxylic acids is 1. The van der Waals surface area contributed by atoms with Gasteiger partial charge in [-0.2, -0.15) is 4.80 Å². The highest BCUT2D eigenvalue weighted by Gasteiger charge is 2.22. The van der Waals surface area contributed by atoms with Gasteiger partial charge < -0.3 is 15.2 Å². The van der Waals surface area contributed by atoms with Crippen molar-refractivity contribution in [3.63, 3.8) is 0 Å². The van der Waals surface area contributed by atoms with Gasteiger partial charge in [0, 0.05) is 24.4 Å². The summed E-state index contributed by atoms with van der Waals surface area (Å²) in [6, 6.07) is 11.1. The average molecular weight is 451 g/mol. The monoisotopic (exact) mass is 450 g/mol. The Morgan fingerprint density at radius 3 is 2.73 bits per heavy atom. The van der Waals surface area contributed by atoms with Crippen LogP contribution in [0.1, 0.15) is 47.4 Å². The largest absolute Gasteiger partial charge is 0.497 e. The molecule has 0 radical (unpaired) electrons. The number of rotatable bonds is 8. The molecular formula is C24H30N6O3. The van der Waals surface area contributed by atoms with Gasteiger partial charge in [-0.15, -0.1) is 10.2 Å². The van der Waals surface area contributed by atoms with Crippen LogP contribution in [0.5, 0.6) is 5.75 Å². The fourth-order valence-corrected chi connectivity index (χ4v) is 4.23. The number of ether oxygens (including phenoxy) is 1. The van der Waals surface area contributed by atoms with E-state index in [0.717, 1.165) is 37.0 Å². The highest BCUT2D eigenvalue weighted by Crippen LogP contribution is 2.29. The number of nitrogens with one attached hydrogen (secondary N) is 1. The SMILES string of the molecule is COc1cccc(CNC(=O)c2cc(-c3nnn(C[C@H]4CC[C@H](CO)CC4)n3)cc(C)n2)c1. The zero-order chi connectivity index (χ0) is 23.2. The fraction of sp³-hybridized carbons (Fsp3) is 0.458. The molecule has 9 nitrogen and oxygen atoms in total. The quantitative estimate of drug-likeness (QED) is 0.542. The zero-order valence-electron chi connectivity index (χ0n) is 19.1. The molecule has 1 fully saturated rings. The van der Waals surface area contributed by atoms with Gasteiger partial charge in [0.1, 0.15) is 11.4 Å². The molecule has 0 spiro atoms. The van der Waals surface area contributed by atoms with Gasteiger partial charge >= 0.3 is 0 Å². The summed E-state index contributed by atoms with van der Waals surface area (Å²) in [7, 11) is 1.61. The van der Waals surface area contributed by atoms with Crippen molar-refractivity contribution in [2.45, 2.75) is 45.7 Å². The van der Waals surface area contributed by atoms with Crippen molar-refractivity contribution in [3.05, 3.63) is 53.3 Å². The first-order valence-corrected chi connectivity index (χ1v) is 11.3. The summed E-state index contributed by atoms with van der Waals surface area (Å²) in [5.74, 6) is 1.87. The number of aryl methyl sites for hydroxylation is 1. The summed E-state index contributed by atoms with van der Waals surface area (Å²) in [5, 5.41) is 25.2. The third-order valence-electron chi connectivity index (χ3n) is 6.13. The van der Waals surface area contributed by atoms with E-state index in [4.69, 9.17) is 4.74 Å². The van der Waals surface area contributed by atoms with E-state index in [-0.39, 0.29) is 12.5 Å². The number of hydrogen-bond acceptors (Lipinski definition) is 7. The number of methoxy groups -OCH3 is 1. The van der Waals surface area contributed by atoms with Crippen LogP contribution in [0.3, 0.4) is 0 Å². The first-order chi connectivity index (χ1) is 16.0. The molecule has 0 bridgehead atoms. The van der Waals surface area contributed by atoms with Crippen LogP contribution in [0, 0.1) is 18.8 Å². The van der Waals surface area contributed by atoms with Gasteiger partial charge in [0.25, 0.3) is 5.91 Å². The van der Waals surface area contributed by atoms with Gasteiger partial charge in [-0.3, -0.25) is 4.79 Å². The van der Waals surface area contributed by atoms with E-state index in [0.29, 0.717) is 47.7 Å². The van der Waals surface area contributed by atoms with Crippen LogP contribution in [0.4, 0.5) is 0 Å². The standard InChI is InChI=1S/C24H30N6O3/c1-16-10-20(23-27-29-30(28-23)14-17-6-8-18(15-31)9-7-17)12-22(26-16)24(32)25-13-19-4-3-5-21(11-19)33-2/h3-5,10-12,17-18,31H,6-9,13-15H2,1-2H3,(H,25,32)/t17-,18-. The summed E-state index contributed by atoms with van der Waals surface area (Å²) < 4.78 is 5.23. The molecule has 0 unspecified atom stereocenters. The summed E-state index contributed by atoms with van der Waals surface area (Å²) in [6.07, 6.45) is 4.21. The predicted octanol–water partition coefficient (Wildman–Crippen LogP) is 2.78. The topological polar surface area (TPSA) is 115 Å². The van der Waals surface area contributed by atoms with Crippen LogP contribution < -0.4 is 10.1 Å². The third kappa shape index (κ3) is 5.92. The minimum absolute atomic E-state index is 0.268. The number of benzene rings is 1. The Kier molecular flexibility index (Phi) is 7.29. The van der Waals surface area contributed by atoms with Crippen molar-refractivity contribution in [2.24, 2.45) is 11.8 Å². The van der Waals surface area contributed by atoms with E-state index in [1.807, 2.05) is 37.3 Å². The number of aromatic nitrogens is 5. The lowest BCUT2D eigenvalue weighted by Gasteiger charge is -2.26. The van der Waals surface area contributed by atoms with Crippen LogP contribution in [-0.4, -0.2) is 49.9 Å². The van der Waals surface area contributed by atoms with E-state index in [9.17, 15) is 9.90 Å². The van der Waals surface area contributed by atoms with Crippen molar-refractivity contribution >= 4 is 5.91 Å². The Bertz CT molecular complexity index is 1090. The highest BCUT2D eigenvalue weighted by atomic mass is 16.5. The van der Waals surface area contributed by atoms with Crippen molar-refractivity contribution in [3.8, 4) is 17.1 Å². The Balaban J connectivity index is 1.41. The lowest BCUT2D eigenvalue weighted by molar-refractivity contribution is 0.0945. The molecule has 174 valence electrons. The van der Waals surface area contributed by atoms with Crippen LogP contribution >= 0.6 is 0 Å². The molecule has 0 saturated heterocycles. The Morgan fingerprint density at radius 2 is 1.97 bits per heavy atom. The molecule has 3 aromatic rings. The number of pyridine rings is 1. The van der Waals surface area contributed by atoms with Crippen molar-refractivity contribution in [1.82, 2.24) is 30.5 Å². The van der Waals surface area contributed by atoms with Gasteiger partial charge in [-0.1, -0.05) is 12.1 Å². The minimum atomic E-state index is -0.268. The first-order valence-electron chi connectivity index (χ1n) is 11.3. The van der Waals surface area contributed by atoms with Crippen LogP contribution in [0.15, 0.2) is 36.4 Å². The fourth-order valence-electron chi connectivity index (χ4n) is 4.23. The van der Waals surface area contributed by atoms with Gasteiger partial charge in [0.05, 0.1) is 13.7 Å². The minimum Gasteiger partial charge on any atom is -0.497 e. The second-order valence-electron chi connectivity index (χ2n) is 8.65. The molecule has 1 aliphatic rings. The Morgan fingerprint density at radius 1 is 1.18 bits per heavy atom. The summed E-state index contributed by atoms with van der Waals surface area (Å²) >= 11 is 0. The van der Waals surface area contributed by atoms with E-state index >= 15 is 0 Å².